The first-order chi connectivity index (χ1) is 5.43. The first kappa shape index (κ1) is 8.34. The molecular weight excluding hydrogens is 138 g/mol. The van der Waals surface area contributed by atoms with Crippen molar-refractivity contribution in [3.63, 3.8) is 0 Å². The first-order valence-electron chi connectivity index (χ1n) is 4.06. The van der Waals surface area contributed by atoms with E-state index in [4.69, 9.17) is 4.74 Å². The summed E-state index contributed by atoms with van der Waals surface area (Å²) in [5.74, 6) is 1.11. The topological polar surface area (TPSA) is 21.3 Å². The molecule has 0 aliphatic heterocycles. The molecule has 0 saturated heterocycles. The Labute approximate surface area is 67.9 Å². The van der Waals surface area contributed by atoms with Crippen molar-refractivity contribution in [1.82, 2.24) is 5.32 Å². The fourth-order valence-corrected chi connectivity index (χ4v) is 0.985. The van der Waals surface area contributed by atoms with Gasteiger partial charge in [0.1, 0.15) is 6.61 Å². The molecule has 0 heterocycles. The van der Waals surface area contributed by atoms with Gasteiger partial charge in [0, 0.05) is 13.0 Å². The van der Waals surface area contributed by atoms with Gasteiger partial charge in [0.25, 0.3) is 0 Å². The summed E-state index contributed by atoms with van der Waals surface area (Å²) in [6, 6.07) is 0. The lowest BCUT2D eigenvalue weighted by Gasteiger charge is -2.10. The van der Waals surface area contributed by atoms with Crippen molar-refractivity contribution in [1.29, 1.82) is 0 Å². The predicted octanol–water partition coefficient (Wildman–Crippen LogP) is 1.46. The zero-order valence-electron chi connectivity index (χ0n) is 6.97. The van der Waals surface area contributed by atoms with E-state index >= 15 is 0 Å². The molecule has 11 heavy (non-hydrogen) atoms. The van der Waals surface area contributed by atoms with Gasteiger partial charge in [0.2, 0.25) is 0 Å². The van der Waals surface area contributed by atoms with Crippen molar-refractivity contribution in [3.8, 4) is 0 Å². The van der Waals surface area contributed by atoms with Crippen LogP contribution in [0.1, 0.15) is 12.8 Å². The molecule has 2 heteroatoms. The van der Waals surface area contributed by atoms with Gasteiger partial charge in [-0.1, -0.05) is 12.2 Å². The van der Waals surface area contributed by atoms with E-state index in [1.165, 1.54) is 0 Å². The Hall–Kier alpha value is -0.760. The van der Waals surface area contributed by atoms with Crippen LogP contribution < -0.4 is 5.32 Å². The molecule has 0 fully saturated rings. The van der Waals surface area contributed by atoms with E-state index in [0.717, 1.165) is 31.8 Å². The van der Waals surface area contributed by atoms with Crippen LogP contribution in [0, 0.1) is 0 Å². The zero-order valence-corrected chi connectivity index (χ0v) is 6.97. The summed E-state index contributed by atoms with van der Waals surface area (Å²) in [7, 11) is 1.93. The highest BCUT2D eigenvalue weighted by Gasteiger charge is 1.98. The quantitative estimate of drug-likeness (QED) is 0.617. The molecular formula is C9H15NO. The van der Waals surface area contributed by atoms with Crippen LogP contribution in [0.4, 0.5) is 0 Å². The maximum Gasteiger partial charge on any atom is 0.100 e. The summed E-state index contributed by atoms with van der Waals surface area (Å²) in [5.41, 5.74) is 0. The van der Waals surface area contributed by atoms with E-state index in [1.54, 1.807) is 0 Å². The van der Waals surface area contributed by atoms with Crippen molar-refractivity contribution >= 4 is 0 Å². The van der Waals surface area contributed by atoms with Crippen LogP contribution in [0.15, 0.2) is 24.0 Å². The average Bonchev–Trinajstić information content (AvgIpc) is 2.07. The van der Waals surface area contributed by atoms with Gasteiger partial charge in [-0.2, -0.15) is 0 Å². The molecule has 0 bridgehead atoms. The Morgan fingerprint density at radius 1 is 1.64 bits per heavy atom. The minimum atomic E-state index is 0.774. The summed E-state index contributed by atoms with van der Waals surface area (Å²) < 4.78 is 5.47. The summed E-state index contributed by atoms with van der Waals surface area (Å²) in [6.07, 6.45) is 8.42. The number of likely N-dealkylation sites (N-methyl/N-ethyl adjacent to an activating group) is 1. The van der Waals surface area contributed by atoms with Gasteiger partial charge in [0.15, 0.2) is 0 Å². The molecule has 1 rings (SSSR count). The molecule has 0 unspecified atom stereocenters. The lowest BCUT2D eigenvalue weighted by Crippen LogP contribution is -2.14. The third-order valence-corrected chi connectivity index (χ3v) is 1.62. The van der Waals surface area contributed by atoms with E-state index in [9.17, 15) is 0 Å². The van der Waals surface area contributed by atoms with Gasteiger partial charge in [0.05, 0.1) is 5.76 Å². The summed E-state index contributed by atoms with van der Waals surface area (Å²) >= 11 is 0. The SMILES string of the molecule is CNCCOC1=CC=CCC1. The smallest absolute Gasteiger partial charge is 0.100 e. The highest BCUT2D eigenvalue weighted by atomic mass is 16.5. The van der Waals surface area contributed by atoms with Crippen molar-refractivity contribution in [2.24, 2.45) is 0 Å². The number of nitrogens with one attached hydrogen (secondary N) is 1. The van der Waals surface area contributed by atoms with E-state index in [2.05, 4.69) is 17.5 Å². The van der Waals surface area contributed by atoms with Crippen molar-refractivity contribution < 1.29 is 4.74 Å². The Bertz CT molecular complexity index is 161. The van der Waals surface area contributed by atoms with Crippen molar-refractivity contribution in [3.05, 3.63) is 24.0 Å². The van der Waals surface area contributed by atoms with Gasteiger partial charge >= 0.3 is 0 Å². The molecule has 1 aliphatic carbocycles. The second-order valence-electron chi connectivity index (χ2n) is 2.55. The molecule has 0 aromatic heterocycles. The number of hydrogen-bond donors (Lipinski definition) is 1. The molecule has 2 nitrogen and oxygen atoms in total. The van der Waals surface area contributed by atoms with Crippen LogP contribution in [-0.2, 0) is 4.74 Å². The van der Waals surface area contributed by atoms with Crippen LogP contribution in [0.5, 0.6) is 0 Å². The fraction of sp³-hybridized carbons (Fsp3) is 0.556. The summed E-state index contributed by atoms with van der Waals surface area (Å²) in [6.45, 7) is 1.69. The first-order valence-corrected chi connectivity index (χ1v) is 4.06. The molecule has 0 saturated carbocycles. The highest BCUT2D eigenvalue weighted by molar-refractivity contribution is 5.12. The largest absolute Gasteiger partial charge is 0.497 e. The second kappa shape index (κ2) is 4.97. The normalized spacial score (nSPS) is 16.3. The molecule has 0 spiro atoms. The molecule has 0 radical (unpaired) electrons. The lowest BCUT2D eigenvalue weighted by molar-refractivity contribution is 0.204. The third-order valence-electron chi connectivity index (χ3n) is 1.62. The van der Waals surface area contributed by atoms with Crippen molar-refractivity contribution in [2.75, 3.05) is 20.2 Å². The number of hydrogen-bond acceptors (Lipinski definition) is 2. The summed E-state index contributed by atoms with van der Waals surface area (Å²) in [4.78, 5) is 0. The van der Waals surface area contributed by atoms with Gasteiger partial charge in [-0.15, -0.1) is 0 Å². The second-order valence-corrected chi connectivity index (χ2v) is 2.55. The maximum absolute atomic E-state index is 5.47. The van der Waals surface area contributed by atoms with E-state index in [0.29, 0.717) is 0 Å². The lowest BCUT2D eigenvalue weighted by atomic mass is 10.2. The molecule has 0 aromatic rings. The van der Waals surface area contributed by atoms with E-state index in [-0.39, 0.29) is 0 Å². The van der Waals surface area contributed by atoms with Crippen LogP contribution in [0.25, 0.3) is 0 Å². The van der Waals surface area contributed by atoms with Gasteiger partial charge < -0.3 is 10.1 Å². The molecule has 0 atom stereocenters. The van der Waals surface area contributed by atoms with Gasteiger partial charge in [-0.3, -0.25) is 0 Å². The molecule has 0 amide bonds. The number of rotatable bonds is 4. The van der Waals surface area contributed by atoms with Crippen molar-refractivity contribution in [2.45, 2.75) is 12.8 Å². The summed E-state index contributed by atoms with van der Waals surface area (Å²) in [5, 5.41) is 3.04. The van der Waals surface area contributed by atoms with Crippen LogP contribution in [0.2, 0.25) is 0 Å². The Kier molecular flexibility index (Phi) is 3.76. The van der Waals surface area contributed by atoms with Gasteiger partial charge in [-0.25, -0.2) is 0 Å². The monoisotopic (exact) mass is 153 g/mol. The van der Waals surface area contributed by atoms with Gasteiger partial charge in [-0.05, 0) is 19.5 Å². The van der Waals surface area contributed by atoms with Crippen LogP contribution >= 0.6 is 0 Å². The zero-order chi connectivity index (χ0) is 7.94. The molecule has 0 aromatic carbocycles. The van der Waals surface area contributed by atoms with Crippen LogP contribution in [-0.4, -0.2) is 20.2 Å². The highest BCUT2D eigenvalue weighted by Crippen LogP contribution is 2.11. The average molecular weight is 153 g/mol. The minimum Gasteiger partial charge on any atom is -0.497 e. The maximum atomic E-state index is 5.47. The molecule has 1 N–H and O–H groups in total. The van der Waals surface area contributed by atoms with E-state index < -0.39 is 0 Å². The minimum absolute atomic E-state index is 0.774. The third kappa shape index (κ3) is 3.23. The number of allylic oxidation sites excluding steroid dienone is 4. The van der Waals surface area contributed by atoms with Crippen LogP contribution in [0.3, 0.4) is 0 Å². The molecule has 62 valence electrons. The standard InChI is InChI=1S/C9H15NO/c1-10-7-8-11-9-5-3-2-4-6-9/h2-3,5,10H,4,6-8H2,1H3. The fourth-order valence-electron chi connectivity index (χ4n) is 0.985. The Morgan fingerprint density at radius 2 is 2.55 bits per heavy atom. The van der Waals surface area contributed by atoms with E-state index in [1.807, 2.05) is 13.1 Å². The Balaban J connectivity index is 2.15. The number of ether oxygens (including phenoxy) is 1. The predicted molar refractivity (Wildman–Crippen MR) is 46.3 cm³/mol. The Morgan fingerprint density at radius 3 is 3.18 bits per heavy atom. The molecule has 1 aliphatic rings.